The Hall–Kier alpha value is -1.80. The van der Waals surface area contributed by atoms with E-state index in [1.165, 1.54) is 16.9 Å². The first-order valence-corrected chi connectivity index (χ1v) is 6.40. The molecule has 2 aromatic rings. The van der Waals surface area contributed by atoms with Crippen LogP contribution in [0.3, 0.4) is 0 Å². The fourth-order valence-corrected chi connectivity index (χ4v) is 1.87. The van der Waals surface area contributed by atoms with Crippen molar-refractivity contribution in [2.24, 2.45) is 5.14 Å². The maximum absolute atomic E-state index is 13.0. The van der Waals surface area contributed by atoms with E-state index in [-0.39, 0.29) is 11.4 Å². The summed E-state index contributed by atoms with van der Waals surface area (Å²) in [5.41, 5.74) is 0.456. The Bertz CT molecular complexity index is 682. The number of sulfonamides is 1. The van der Waals surface area contributed by atoms with Gasteiger partial charge in [0.2, 0.25) is 10.0 Å². The summed E-state index contributed by atoms with van der Waals surface area (Å²) in [6.45, 7) is 0.118. The number of hydrogen-bond donors (Lipinski definition) is 1. The van der Waals surface area contributed by atoms with Gasteiger partial charge in [-0.15, -0.1) is 0 Å². The lowest BCUT2D eigenvalue weighted by Crippen LogP contribution is -2.11. The van der Waals surface area contributed by atoms with Gasteiger partial charge in [0.05, 0.1) is 12.7 Å². The van der Waals surface area contributed by atoms with E-state index in [1.54, 1.807) is 0 Å². The molecule has 96 valence electrons. The van der Waals surface area contributed by atoms with Gasteiger partial charge < -0.3 is 0 Å². The van der Waals surface area contributed by atoms with Gasteiger partial charge in [0.15, 0.2) is 11.6 Å². The maximum Gasteiger partial charge on any atom is 0.241 e. The standard InChI is InChI=1S/C10H9F2N3O2S/c11-9-2-1-7(3-10(9)12)5-15-6-8(4-14-15)18(13,16)17/h1-4,6H,5H2,(H2,13,16,17). The van der Waals surface area contributed by atoms with Crippen molar-refractivity contribution < 1.29 is 17.2 Å². The van der Waals surface area contributed by atoms with E-state index in [4.69, 9.17) is 5.14 Å². The van der Waals surface area contributed by atoms with E-state index in [2.05, 4.69) is 5.10 Å². The molecule has 0 fully saturated rings. The summed E-state index contributed by atoms with van der Waals surface area (Å²) in [4.78, 5) is -0.134. The molecule has 0 aliphatic heterocycles. The second-order valence-electron chi connectivity index (χ2n) is 3.67. The van der Waals surface area contributed by atoms with Crippen LogP contribution in [0.1, 0.15) is 5.56 Å². The lowest BCUT2D eigenvalue weighted by atomic mass is 10.2. The third kappa shape index (κ3) is 2.71. The van der Waals surface area contributed by atoms with E-state index in [1.807, 2.05) is 0 Å². The van der Waals surface area contributed by atoms with E-state index >= 15 is 0 Å². The number of benzene rings is 1. The minimum Gasteiger partial charge on any atom is -0.267 e. The largest absolute Gasteiger partial charge is 0.267 e. The molecule has 2 N–H and O–H groups in total. The number of nitrogens with zero attached hydrogens (tertiary/aromatic N) is 2. The van der Waals surface area contributed by atoms with Crippen molar-refractivity contribution in [3.05, 3.63) is 47.8 Å². The molecule has 0 bridgehead atoms. The summed E-state index contributed by atoms with van der Waals surface area (Å²) in [5.74, 6) is -1.91. The van der Waals surface area contributed by atoms with Crippen LogP contribution in [-0.4, -0.2) is 18.2 Å². The summed E-state index contributed by atoms with van der Waals surface area (Å²) in [6, 6.07) is 3.40. The Morgan fingerprint density at radius 2 is 2.00 bits per heavy atom. The van der Waals surface area contributed by atoms with Crippen LogP contribution in [0.25, 0.3) is 0 Å². The molecular formula is C10H9F2N3O2S. The molecule has 0 saturated carbocycles. The molecule has 1 aromatic heterocycles. The van der Waals surface area contributed by atoms with Crippen LogP contribution in [-0.2, 0) is 16.6 Å². The van der Waals surface area contributed by atoms with Crippen molar-refractivity contribution in [1.29, 1.82) is 0 Å². The Kier molecular flexibility index (Phi) is 3.14. The first-order chi connectivity index (χ1) is 8.36. The van der Waals surface area contributed by atoms with Crippen LogP contribution in [0.15, 0.2) is 35.5 Å². The first-order valence-electron chi connectivity index (χ1n) is 4.85. The van der Waals surface area contributed by atoms with Crippen molar-refractivity contribution in [2.75, 3.05) is 0 Å². The number of nitrogens with two attached hydrogens (primary N) is 1. The van der Waals surface area contributed by atoms with Crippen molar-refractivity contribution in [1.82, 2.24) is 9.78 Å². The zero-order valence-electron chi connectivity index (χ0n) is 9.05. The van der Waals surface area contributed by atoms with Gasteiger partial charge in [0.25, 0.3) is 0 Å². The van der Waals surface area contributed by atoms with E-state index in [0.29, 0.717) is 5.56 Å². The minimum absolute atomic E-state index is 0.118. The van der Waals surface area contributed by atoms with Gasteiger partial charge in [-0.1, -0.05) is 6.07 Å². The molecule has 2 rings (SSSR count). The molecule has 18 heavy (non-hydrogen) atoms. The Morgan fingerprint density at radius 1 is 1.28 bits per heavy atom. The van der Waals surface area contributed by atoms with Gasteiger partial charge in [-0.05, 0) is 17.7 Å². The van der Waals surface area contributed by atoms with Crippen molar-refractivity contribution in [3.63, 3.8) is 0 Å². The molecule has 1 heterocycles. The third-order valence-corrected chi connectivity index (χ3v) is 3.13. The summed E-state index contributed by atoms with van der Waals surface area (Å²) >= 11 is 0. The van der Waals surface area contributed by atoms with Crippen molar-refractivity contribution >= 4 is 10.0 Å². The second-order valence-corrected chi connectivity index (χ2v) is 5.23. The van der Waals surface area contributed by atoms with Gasteiger partial charge in [0, 0.05) is 6.20 Å². The number of aromatic nitrogens is 2. The molecule has 0 atom stereocenters. The predicted molar refractivity (Wildman–Crippen MR) is 59.1 cm³/mol. The van der Waals surface area contributed by atoms with Crippen LogP contribution in [0.2, 0.25) is 0 Å². The summed E-state index contributed by atoms with van der Waals surface area (Å²) < 4.78 is 49.0. The minimum atomic E-state index is -3.81. The first kappa shape index (κ1) is 12.7. The Labute approximate surface area is 102 Å². The lowest BCUT2D eigenvalue weighted by molar-refractivity contribution is 0.505. The highest BCUT2D eigenvalue weighted by Gasteiger charge is 2.11. The zero-order chi connectivity index (χ0) is 13.3. The predicted octanol–water partition coefficient (Wildman–Crippen LogP) is 0.857. The number of rotatable bonds is 3. The summed E-state index contributed by atoms with van der Waals surface area (Å²) in [6.07, 6.45) is 2.31. The zero-order valence-corrected chi connectivity index (χ0v) is 9.86. The number of primary sulfonamides is 1. The van der Waals surface area contributed by atoms with Crippen LogP contribution < -0.4 is 5.14 Å². The molecule has 0 radical (unpaired) electrons. The Balaban J connectivity index is 2.24. The van der Waals surface area contributed by atoms with Crippen molar-refractivity contribution in [2.45, 2.75) is 11.4 Å². The van der Waals surface area contributed by atoms with Gasteiger partial charge in [-0.2, -0.15) is 5.10 Å². The average Bonchev–Trinajstić information content (AvgIpc) is 2.72. The normalized spacial score (nSPS) is 11.7. The van der Waals surface area contributed by atoms with Crippen LogP contribution in [0, 0.1) is 11.6 Å². The molecule has 1 aromatic carbocycles. The van der Waals surface area contributed by atoms with E-state index < -0.39 is 21.7 Å². The highest BCUT2D eigenvalue weighted by molar-refractivity contribution is 7.89. The van der Waals surface area contributed by atoms with Gasteiger partial charge in [0.1, 0.15) is 4.90 Å². The average molecular weight is 273 g/mol. The summed E-state index contributed by atoms with van der Waals surface area (Å²) in [5, 5.41) is 8.69. The molecule has 8 heteroatoms. The highest BCUT2D eigenvalue weighted by Crippen LogP contribution is 2.11. The van der Waals surface area contributed by atoms with Gasteiger partial charge in [-0.25, -0.2) is 22.3 Å². The quantitative estimate of drug-likeness (QED) is 0.900. The molecule has 0 aliphatic carbocycles. The fraction of sp³-hybridized carbons (Fsp3) is 0.100. The molecule has 0 unspecified atom stereocenters. The smallest absolute Gasteiger partial charge is 0.241 e. The number of hydrogen-bond acceptors (Lipinski definition) is 3. The molecule has 5 nitrogen and oxygen atoms in total. The fourth-order valence-electron chi connectivity index (χ4n) is 1.40. The summed E-state index contributed by atoms with van der Waals surface area (Å²) in [7, 11) is -3.81. The van der Waals surface area contributed by atoms with Crippen LogP contribution >= 0.6 is 0 Å². The van der Waals surface area contributed by atoms with Gasteiger partial charge >= 0.3 is 0 Å². The lowest BCUT2D eigenvalue weighted by Gasteiger charge is -2.02. The highest BCUT2D eigenvalue weighted by atomic mass is 32.2. The molecule has 0 amide bonds. The number of halogens is 2. The molecule has 0 aliphatic rings. The molecule has 0 spiro atoms. The van der Waals surface area contributed by atoms with Crippen molar-refractivity contribution in [3.8, 4) is 0 Å². The third-order valence-electron chi connectivity index (χ3n) is 2.27. The molecule has 0 saturated heterocycles. The Morgan fingerprint density at radius 3 is 2.56 bits per heavy atom. The van der Waals surface area contributed by atoms with E-state index in [0.717, 1.165) is 18.3 Å². The van der Waals surface area contributed by atoms with E-state index in [9.17, 15) is 17.2 Å². The van der Waals surface area contributed by atoms with Gasteiger partial charge in [-0.3, -0.25) is 4.68 Å². The van der Waals surface area contributed by atoms with Crippen LogP contribution in [0.5, 0.6) is 0 Å². The topological polar surface area (TPSA) is 78.0 Å². The van der Waals surface area contributed by atoms with Crippen LogP contribution in [0.4, 0.5) is 8.78 Å². The maximum atomic E-state index is 13.0. The molecular weight excluding hydrogens is 264 g/mol. The monoisotopic (exact) mass is 273 g/mol. The second kappa shape index (κ2) is 4.46. The SMILES string of the molecule is NS(=O)(=O)c1cnn(Cc2ccc(F)c(F)c2)c1.